The van der Waals surface area contributed by atoms with E-state index in [1.165, 1.54) is 31.4 Å². The predicted molar refractivity (Wildman–Crippen MR) is 70.9 cm³/mol. The van der Waals surface area contributed by atoms with E-state index in [0.717, 1.165) is 18.8 Å². The molecule has 1 aromatic carbocycles. The van der Waals surface area contributed by atoms with Crippen molar-refractivity contribution in [2.24, 2.45) is 5.92 Å². The van der Waals surface area contributed by atoms with Crippen LogP contribution in [0.5, 0.6) is 0 Å². The Morgan fingerprint density at radius 3 is 2.53 bits per heavy atom. The van der Waals surface area contributed by atoms with Crippen molar-refractivity contribution < 1.29 is 8.78 Å². The van der Waals surface area contributed by atoms with Gasteiger partial charge in [0.15, 0.2) is 11.6 Å². The van der Waals surface area contributed by atoms with Crippen LogP contribution in [0.4, 0.5) is 8.78 Å². The minimum absolute atomic E-state index is 0.373. The third-order valence-corrected chi connectivity index (χ3v) is 4.40. The maximum absolute atomic E-state index is 13.4. The Labute approximate surface area is 111 Å². The summed E-state index contributed by atoms with van der Waals surface area (Å²) in [6.07, 6.45) is 7.58. The quantitative estimate of drug-likeness (QED) is 0.783. The van der Waals surface area contributed by atoms with Crippen molar-refractivity contribution in [1.29, 1.82) is 0 Å². The second-order valence-corrected chi connectivity index (χ2v) is 5.49. The number of aromatic nitrogens is 2. The average Bonchev–Trinajstić information content (AvgIpc) is 2.82. The fourth-order valence-electron chi connectivity index (χ4n) is 3.14. The average molecular weight is 264 g/mol. The van der Waals surface area contributed by atoms with Crippen molar-refractivity contribution in [3.8, 4) is 0 Å². The van der Waals surface area contributed by atoms with Gasteiger partial charge in [-0.3, -0.25) is 0 Å². The second-order valence-electron chi connectivity index (χ2n) is 5.49. The van der Waals surface area contributed by atoms with Gasteiger partial charge in [0.1, 0.15) is 0 Å². The van der Waals surface area contributed by atoms with Crippen molar-refractivity contribution in [1.82, 2.24) is 9.55 Å². The highest BCUT2D eigenvalue weighted by Gasteiger charge is 2.22. The number of fused-ring (bicyclic) bond motifs is 1. The summed E-state index contributed by atoms with van der Waals surface area (Å²) in [5.41, 5.74) is 1.25. The summed E-state index contributed by atoms with van der Waals surface area (Å²) in [5, 5.41) is 0. The first-order valence-electron chi connectivity index (χ1n) is 7.00. The first-order valence-corrected chi connectivity index (χ1v) is 7.00. The molecular formula is C15H18F2N2. The molecule has 1 saturated carbocycles. The molecule has 102 valence electrons. The van der Waals surface area contributed by atoms with Crippen LogP contribution in [0.3, 0.4) is 0 Å². The Hall–Kier alpha value is -1.45. The van der Waals surface area contributed by atoms with Gasteiger partial charge in [0.05, 0.1) is 17.4 Å². The van der Waals surface area contributed by atoms with E-state index >= 15 is 0 Å². The number of halogens is 2. The molecule has 0 aliphatic heterocycles. The number of benzene rings is 1. The van der Waals surface area contributed by atoms with Gasteiger partial charge in [-0.25, -0.2) is 13.8 Å². The minimum Gasteiger partial charge on any atom is -0.327 e. The van der Waals surface area contributed by atoms with E-state index in [1.54, 1.807) is 6.33 Å². The number of imidazole rings is 1. The molecule has 19 heavy (non-hydrogen) atoms. The maximum Gasteiger partial charge on any atom is 0.161 e. The zero-order valence-electron chi connectivity index (χ0n) is 11.1. The number of hydrogen-bond donors (Lipinski definition) is 0. The number of nitrogens with zero attached hydrogens (tertiary/aromatic N) is 2. The minimum atomic E-state index is -0.826. The molecule has 4 heteroatoms. The summed E-state index contributed by atoms with van der Waals surface area (Å²) in [4.78, 5) is 4.19. The summed E-state index contributed by atoms with van der Waals surface area (Å²) in [6.45, 7) is 2.23. The highest BCUT2D eigenvalue weighted by molar-refractivity contribution is 5.75. The Morgan fingerprint density at radius 1 is 1.16 bits per heavy atom. The van der Waals surface area contributed by atoms with Crippen LogP contribution < -0.4 is 0 Å². The van der Waals surface area contributed by atoms with Crippen molar-refractivity contribution in [2.45, 2.75) is 45.1 Å². The molecule has 0 bridgehead atoms. The highest BCUT2D eigenvalue weighted by atomic mass is 19.2. The molecule has 1 aromatic heterocycles. The topological polar surface area (TPSA) is 17.8 Å². The van der Waals surface area contributed by atoms with Gasteiger partial charge < -0.3 is 4.57 Å². The van der Waals surface area contributed by atoms with Gasteiger partial charge in [-0.2, -0.15) is 0 Å². The molecule has 0 amide bonds. The highest BCUT2D eigenvalue weighted by Crippen LogP contribution is 2.35. The first kappa shape index (κ1) is 12.6. The van der Waals surface area contributed by atoms with Crippen molar-refractivity contribution >= 4 is 11.0 Å². The molecule has 0 unspecified atom stereocenters. The van der Waals surface area contributed by atoms with Gasteiger partial charge >= 0.3 is 0 Å². The molecule has 0 N–H and O–H groups in total. The van der Waals surface area contributed by atoms with E-state index in [4.69, 9.17) is 0 Å². The summed E-state index contributed by atoms with van der Waals surface area (Å²) < 4.78 is 28.6. The molecule has 0 atom stereocenters. The second kappa shape index (κ2) is 4.91. The van der Waals surface area contributed by atoms with Crippen LogP contribution in [-0.2, 0) is 0 Å². The van der Waals surface area contributed by atoms with Crippen LogP contribution in [0.1, 0.15) is 45.1 Å². The van der Waals surface area contributed by atoms with Crippen LogP contribution in [0.25, 0.3) is 11.0 Å². The number of rotatable bonds is 2. The zero-order valence-corrected chi connectivity index (χ0v) is 11.1. The monoisotopic (exact) mass is 264 g/mol. The standard InChI is InChI=1S/C15H18F2N2/c1-2-10-3-5-11(6-4-10)19-9-18-14-7-12(16)13(17)8-15(14)19/h7-11H,2-6H2,1H3. The zero-order chi connectivity index (χ0) is 13.4. The lowest BCUT2D eigenvalue weighted by Gasteiger charge is -2.29. The van der Waals surface area contributed by atoms with E-state index in [2.05, 4.69) is 11.9 Å². The number of hydrogen-bond acceptors (Lipinski definition) is 1. The lowest BCUT2D eigenvalue weighted by atomic mass is 9.84. The van der Waals surface area contributed by atoms with Gasteiger partial charge in [0.25, 0.3) is 0 Å². The van der Waals surface area contributed by atoms with Crippen molar-refractivity contribution in [3.05, 3.63) is 30.1 Å². The van der Waals surface area contributed by atoms with E-state index in [-0.39, 0.29) is 0 Å². The SMILES string of the molecule is CCC1CCC(n2cnc3cc(F)c(F)cc32)CC1. The third kappa shape index (κ3) is 2.24. The smallest absolute Gasteiger partial charge is 0.161 e. The fourth-order valence-corrected chi connectivity index (χ4v) is 3.14. The van der Waals surface area contributed by atoms with Gasteiger partial charge in [-0.1, -0.05) is 13.3 Å². The molecule has 1 heterocycles. The third-order valence-electron chi connectivity index (χ3n) is 4.40. The Morgan fingerprint density at radius 2 is 1.84 bits per heavy atom. The van der Waals surface area contributed by atoms with Gasteiger partial charge in [0.2, 0.25) is 0 Å². The maximum atomic E-state index is 13.4. The van der Waals surface area contributed by atoms with Crippen LogP contribution in [0.15, 0.2) is 18.5 Å². The van der Waals surface area contributed by atoms with E-state index in [1.807, 2.05) is 4.57 Å². The van der Waals surface area contributed by atoms with E-state index < -0.39 is 11.6 Å². The van der Waals surface area contributed by atoms with Crippen LogP contribution in [-0.4, -0.2) is 9.55 Å². The van der Waals surface area contributed by atoms with Crippen molar-refractivity contribution in [3.63, 3.8) is 0 Å². The Balaban J connectivity index is 1.91. The van der Waals surface area contributed by atoms with E-state index in [9.17, 15) is 8.78 Å². The lowest BCUT2D eigenvalue weighted by molar-refractivity contribution is 0.273. The van der Waals surface area contributed by atoms with Gasteiger partial charge in [-0.05, 0) is 31.6 Å². The predicted octanol–water partition coefficient (Wildman–Crippen LogP) is 4.46. The molecule has 2 aromatic rings. The van der Waals surface area contributed by atoms with Gasteiger partial charge in [-0.15, -0.1) is 0 Å². The Bertz CT molecular complexity index is 583. The molecule has 2 nitrogen and oxygen atoms in total. The van der Waals surface area contributed by atoms with Crippen LogP contribution in [0, 0.1) is 17.6 Å². The normalized spacial score (nSPS) is 23.9. The molecule has 1 fully saturated rings. The molecular weight excluding hydrogens is 246 g/mol. The van der Waals surface area contributed by atoms with Crippen molar-refractivity contribution in [2.75, 3.05) is 0 Å². The van der Waals surface area contributed by atoms with Crippen LogP contribution in [0.2, 0.25) is 0 Å². The molecule has 0 radical (unpaired) electrons. The lowest BCUT2D eigenvalue weighted by Crippen LogP contribution is -2.17. The van der Waals surface area contributed by atoms with E-state index in [0.29, 0.717) is 17.1 Å². The molecule has 0 saturated heterocycles. The summed E-state index contributed by atoms with van der Waals surface area (Å²) in [6, 6.07) is 2.82. The fraction of sp³-hybridized carbons (Fsp3) is 0.533. The molecule has 0 spiro atoms. The molecule has 1 aliphatic carbocycles. The summed E-state index contributed by atoms with van der Waals surface area (Å²) >= 11 is 0. The first-order chi connectivity index (χ1) is 9.19. The Kier molecular flexibility index (Phi) is 3.25. The molecule has 3 rings (SSSR count). The molecule has 1 aliphatic rings. The van der Waals surface area contributed by atoms with Gasteiger partial charge in [0, 0.05) is 18.2 Å². The largest absolute Gasteiger partial charge is 0.327 e. The van der Waals surface area contributed by atoms with Crippen LogP contribution >= 0.6 is 0 Å². The summed E-state index contributed by atoms with van der Waals surface area (Å²) in [7, 11) is 0. The summed E-state index contributed by atoms with van der Waals surface area (Å²) in [5.74, 6) is -0.802.